The third-order valence-corrected chi connectivity index (χ3v) is 2.44. The molecule has 100 valence electrons. The van der Waals surface area contributed by atoms with Crippen molar-refractivity contribution in [3.8, 4) is 0 Å². The van der Waals surface area contributed by atoms with E-state index in [4.69, 9.17) is 4.74 Å². The van der Waals surface area contributed by atoms with Gasteiger partial charge in [0.1, 0.15) is 5.39 Å². The molecule has 8 nitrogen and oxygen atoms in total. The zero-order chi connectivity index (χ0) is 13.8. The van der Waals surface area contributed by atoms with Crippen LogP contribution in [0.15, 0.2) is 23.1 Å². The Kier molecular flexibility index (Phi) is 3.69. The lowest BCUT2D eigenvalue weighted by molar-refractivity contribution is -0.137. The molecule has 0 aliphatic heterocycles. The molecule has 0 unspecified atom stereocenters. The fourth-order valence-electron chi connectivity index (χ4n) is 1.54. The van der Waals surface area contributed by atoms with E-state index in [0.717, 1.165) is 4.68 Å². The molecule has 0 aliphatic carbocycles. The van der Waals surface area contributed by atoms with E-state index in [1.807, 2.05) is 0 Å². The van der Waals surface area contributed by atoms with Crippen molar-refractivity contribution in [2.24, 2.45) is 7.05 Å². The van der Waals surface area contributed by atoms with Crippen LogP contribution in [-0.4, -0.2) is 37.4 Å². The molecule has 0 aliphatic rings. The first-order chi connectivity index (χ1) is 9.13. The van der Waals surface area contributed by atoms with E-state index in [1.165, 1.54) is 23.0 Å². The molecular weight excluding hydrogens is 250 g/mol. The molecule has 0 bridgehead atoms. The van der Waals surface area contributed by atoms with Crippen LogP contribution in [0.1, 0.15) is 6.92 Å². The molecule has 0 aromatic carbocycles. The molecule has 2 aromatic heterocycles. The first-order valence-corrected chi connectivity index (χ1v) is 5.72. The summed E-state index contributed by atoms with van der Waals surface area (Å²) in [5.41, 5.74) is 0.127. The van der Waals surface area contributed by atoms with Gasteiger partial charge in [-0.1, -0.05) is 11.3 Å². The van der Waals surface area contributed by atoms with Gasteiger partial charge in [-0.25, -0.2) is 14.2 Å². The molecular formula is C11H13N5O3. The highest BCUT2D eigenvalue weighted by Crippen LogP contribution is 2.01. The third-order valence-electron chi connectivity index (χ3n) is 2.44. The van der Waals surface area contributed by atoms with Gasteiger partial charge in [-0.2, -0.15) is 5.10 Å². The number of aromatic nitrogens is 5. The highest BCUT2D eigenvalue weighted by Gasteiger charge is 2.08. The van der Waals surface area contributed by atoms with Crippen molar-refractivity contribution in [3.63, 3.8) is 0 Å². The monoisotopic (exact) mass is 263 g/mol. The van der Waals surface area contributed by atoms with Crippen molar-refractivity contribution in [1.82, 2.24) is 24.8 Å². The topological polar surface area (TPSA) is 91.9 Å². The van der Waals surface area contributed by atoms with Crippen molar-refractivity contribution in [2.45, 2.75) is 13.5 Å². The Bertz CT molecular complexity index is 685. The van der Waals surface area contributed by atoms with Crippen LogP contribution in [0.5, 0.6) is 0 Å². The van der Waals surface area contributed by atoms with E-state index in [1.54, 1.807) is 14.0 Å². The number of rotatable bonds is 4. The Morgan fingerprint density at radius 3 is 3.05 bits per heavy atom. The van der Waals surface area contributed by atoms with Gasteiger partial charge in [0.05, 0.1) is 19.3 Å². The van der Waals surface area contributed by atoms with Crippen LogP contribution in [-0.2, 0) is 23.1 Å². The lowest BCUT2D eigenvalue weighted by Gasteiger charge is -1.99. The molecule has 0 atom stereocenters. The predicted molar refractivity (Wildman–Crippen MR) is 66.3 cm³/mol. The Balaban J connectivity index is 2.20. The number of carbonyl (C=O) groups excluding carboxylic acids is 1. The highest BCUT2D eigenvalue weighted by molar-refractivity contribution is 5.81. The number of nitrogens with zero attached hydrogens (tertiary/aromatic N) is 5. The average molecular weight is 263 g/mol. The average Bonchev–Trinajstić information content (AvgIpc) is 2.75. The van der Waals surface area contributed by atoms with Gasteiger partial charge in [-0.15, -0.1) is 5.10 Å². The summed E-state index contributed by atoms with van der Waals surface area (Å²) in [4.78, 5) is 23.1. The van der Waals surface area contributed by atoms with Crippen molar-refractivity contribution < 1.29 is 9.53 Å². The van der Waals surface area contributed by atoms with Gasteiger partial charge in [0.2, 0.25) is 0 Å². The molecule has 2 rings (SSSR count). The summed E-state index contributed by atoms with van der Waals surface area (Å²) >= 11 is 0. The summed E-state index contributed by atoms with van der Waals surface area (Å²) in [7, 11) is 1.68. The van der Waals surface area contributed by atoms with Gasteiger partial charge in [0.15, 0.2) is 5.65 Å². The van der Waals surface area contributed by atoms with Crippen LogP contribution in [0.3, 0.4) is 0 Å². The number of carbonyl (C=O) groups is 1. The summed E-state index contributed by atoms with van der Waals surface area (Å²) in [5.74, 6) is -0.453. The predicted octanol–water partition coefficient (Wildman–Crippen LogP) is -0.356. The van der Waals surface area contributed by atoms with E-state index >= 15 is 0 Å². The van der Waals surface area contributed by atoms with Gasteiger partial charge in [-0.3, -0.25) is 4.79 Å². The number of ether oxygens (including phenoxy) is 1. The number of esters is 1. The molecule has 0 radical (unpaired) electrons. The minimum atomic E-state index is -0.453. The highest BCUT2D eigenvalue weighted by atomic mass is 16.5. The standard InChI is InChI=1S/C11H13N5O3/c1-3-19-9(17)5-4-6-16-11(18)8-7-12-15(2)10(8)13-14-16/h4-5,7H,3,6H2,1-2H3/b5-4+. The van der Waals surface area contributed by atoms with E-state index in [0.29, 0.717) is 17.6 Å². The maximum absolute atomic E-state index is 12.0. The molecule has 0 amide bonds. The van der Waals surface area contributed by atoms with Crippen LogP contribution in [0.2, 0.25) is 0 Å². The number of hydrogen-bond acceptors (Lipinski definition) is 6. The van der Waals surface area contributed by atoms with Gasteiger partial charge < -0.3 is 4.74 Å². The van der Waals surface area contributed by atoms with E-state index in [-0.39, 0.29) is 12.1 Å². The molecule has 0 N–H and O–H groups in total. The fourth-order valence-corrected chi connectivity index (χ4v) is 1.54. The van der Waals surface area contributed by atoms with Crippen molar-refractivity contribution >= 4 is 17.0 Å². The molecule has 2 aromatic rings. The van der Waals surface area contributed by atoms with Crippen molar-refractivity contribution in [2.75, 3.05) is 6.61 Å². The molecule has 0 saturated heterocycles. The molecule has 2 heterocycles. The summed E-state index contributed by atoms with van der Waals surface area (Å²) in [6, 6.07) is 0. The number of allylic oxidation sites excluding steroid dienone is 1. The molecule has 19 heavy (non-hydrogen) atoms. The second-order valence-corrected chi connectivity index (χ2v) is 3.74. The van der Waals surface area contributed by atoms with Gasteiger partial charge in [-0.05, 0) is 6.92 Å². The first-order valence-electron chi connectivity index (χ1n) is 5.72. The molecule has 0 spiro atoms. The number of fused-ring (bicyclic) bond motifs is 1. The Labute approximate surface area is 108 Å². The van der Waals surface area contributed by atoms with Gasteiger partial charge in [0, 0.05) is 13.1 Å². The van der Waals surface area contributed by atoms with Crippen LogP contribution < -0.4 is 5.56 Å². The molecule has 0 fully saturated rings. The summed E-state index contributed by atoms with van der Waals surface area (Å²) in [6.07, 6.45) is 4.19. The van der Waals surface area contributed by atoms with E-state index in [9.17, 15) is 9.59 Å². The summed E-state index contributed by atoms with van der Waals surface area (Å²) in [5, 5.41) is 12.0. The zero-order valence-electron chi connectivity index (χ0n) is 10.6. The van der Waals surface area contributed by atoms with E-state index in [2.05, 4.69) is 15.4 Å². The fraction of sp³-hybridized carbons (Fsp3) is 0.364. The maximum Gasteiger partial charge on any atom is 0.330 e. The van der Waals surface area contributed by atoms with Gasteiger partial charge in [0.25, 0.3) is 5.56 Å². The van der Waals surface area contributed by atoms with Crippen LogP contribution in [0.4, 0.5) is 0 Å². The maximum atomic E-state index is 12.0. The SMILES string of the molecule is CCOC(=O)/C=C/Cn1nnc2c(cnn2C)c1=O. The number of hydrogen-bond donors (Lipinski definition) is 0. The van der Waals surface area contributed by atoms with Crippen LogP contribution in [0.25, 0.3) is 11.0 Å². The lowest BCUT2D eigenvalue weighted by atomic mass is 10.4. The minimum Gasteiger partial charge on any atom is -0.463 e. The van der Waals surface area contributed by atoms with Crippen molar-refractivity contribution in [1.29, 1.82) is 0 Å². The lowest BCUT2D eigenvalue weighted by Crippen LogP contribution is -2.23. The molecule has 0 saturated carbocycles. The van der Waals surface area contributed by atoms with Crippen LogP contribution in [0, 0.1) is 0 Å². The normalized spacial score (nSPS) is 11.3. The van der Waals surface area contributed by atoms with E-state index < -0.39 is 5.97 Å². The Hall–Kier alpha value is -2.51. The zero-order valence-corrected chi connectivity index (χ0v) is 10.6. The Morgan fingerprint density at radius 1 is 1.53 bits per heavy atom. The largest absolute Gasteiger partial charge is 0.463 e. The quantitative estimate of drug-likeness (QED) is 0.552. The molecule has 8 heteroatoms. The number of aryl methyl sites for hydroxylation is 1. The third kappa shape index (κ3) is 2.67. The van der Waals surface area contributed by atoms with Crippen LogP contribution >= 0.6 is 0 Å². The van der Waals surface area contributed by atoms with Crippen molar-refractivity contribution in [3.05, 3.63) is 28.7 Å². The second kappa shape index (κ2) is 5.42. The summed E-state index contributed by atoms with van der Waals surface area (Å²) in [6.45, 7) is 2.18. The smallest absolute Gasteiger partial charge is 0.330 e. The minimum absolute atomic E-state index is 0.148. The Morgan fingerprint density at radius 2 is 2.32 bits per heavy atom. The summed E-state index contributed by atoms with van der Waals surface area (Å²) < 4.78 is 7.35. The van der Waals surface area contributed by atoms with Gasteiger partial charge >= 0.3 is 5.97 Å². The second-order valence-electron chi connectivity index (χ2n) is 3.74. The first kappa shape index (κ1) is 12.9.